The number of hydrogen-bond acceptors (Lipinski definition) is 3. The summed E-state index contributed by atoms with van der Waals surface area (Å²) in [5, 5.41) is 0. The van der Waals surface area contributed by atoms with Gasteiger partial charge >= 0.3 is 0 Å². The van der Waals surface area contributed by atoms with Gasteiger partial charge < -0.3 is 9.32 Å². The molecule has 0 radical (unpaired) electrons. The van der Waals surface area contributed by atoms with Crippen LogP contribution in [0.25, 0.3) is 0 Å². The van der Waals surface area contributed by atoms with Gasteiger partial charge in [0.2, 0.25) is 5.91 Å². The van der Waals surface area contributed by atoms with Gasteiger partial charge in [-0.05, 0) is 31.0 Å². The number of hydrogen-bond donors (Lipinski definition) is 0. The van der Waals surface area contributed by atoms with Crippen molar-refractivity contribution in [3.05, 3.63) is 59.5 Å². The van der Waals surface area contributed by atoms with Crippen LogP contribution < -0.4 is 0 Å². The molecule has 1 aliphatic heterocycles. The van der Waals surface area contributed by atoms with E-state index in [-0.39, 0.29) is 17.7 Å². The molecule has 2 aromatic rings. The number of rotatable bonds is 4. The fourth-order valence-electron chi connectivity index (χ4n) is 2.88. The molecule has 4 heteroatoms. The summed E-state index contributed by atoms with van der Waals surface area (Å²) in [4.78, 5) is 25.8. The molecule has 1 unspecified atom stereocenters. The molecule has 0 spiro atoms. The average molecular weight is 283 g/mol. The highest BCUT2D eigenvalue weighted by molar-refractivity contribution is 6.05. The smallest absolute Gasteiger partial charge is 0.236 e. The van der Waals surface area contributed by atoms with E-state index >= 15 is 0 Å². The van der Waals surface area contributed by atoms with Crippen molar-refractivity contribution >= 4 is 11.7 Å². The Morgan fingerprint density at radius 2 is 1.95 bits per heavy atom. The lowest BCUT2D eigenvalue weighted by atomic mass is 9.81. The second kappa shape index (κ2) is 5.20. The molecular formula is C17H17NO3. The molecule has 0 aliphatic carbocycles. The Kier molecular flexibility index (Phi) is 3.37. The van der Waals surface area contributed by atoms with Gasteiger partial charge in [-0.1, -0.05) is 30.3 Å². The first-order valence-corrected chi connectivity index (χ1v) is 6.98. The van der Waals surface area contributed by atoms with Crippen molar-refractivity contribution in [3.63, 3.8) is 0 Å². The molecule has 0 N–H and O–H groups in total. The monoisotopic (exact) mass is 283 g/mol. The molecule has 1 amide bonds. The largest absolute Gasteiger partial charge is 0.467 e. The number of nitrogens with zero attached hydrogens (tertiary/aromatic N) is 1. The van der Waals surface area contributed by atoms with E-state index in [1.54, 1.807) is 11.2 Å². The summed E-state index contributed by atoms with van der Waals surface area (Å²) in [5.74, 6) is -0.124. The Balaban J connectivity index is 1.90. The Hall–Kier alpha value is -2.36. The predicted molar refractivity (Wildman–Crippen MR) is 77.3 cm³/mol. The van der Waals surface area contributed by atoms with Crippen LogP contribution in [0, 0.1) is 12.8 Å². The van der Waals surface area contributed by atoms with Crippen LogP contribution in [0.5, 0.6) is 0 Å². The quantitative estimate of drug-likeness (QED) is 0.640. The molecule has 1 fully saturated rings. The first kappa shape index (κ1) is 13.6. The minimum atomic E-state index is -0.612. The summed E-state index contributed by atoms with van der Waals surface area (Å²) in [5.41, 5.74) is 2.01. The number of benzene rings is 1. The fourth-order valence-corrected chi connectivity index (χ4v) is 2.88. The van der Waals surface area contributed by atoms with E-state index in [1.165, 1.54) is 6.92 Å². The first-order chi connectivity index (χ1) is 10.1. The number of β-lactam (4-membered cyclic amide) rings is 1. The van der Waals surface area contributed by atoms with Crippen molar-refractivity contribution in [1.82, 2.24) is 4.90 Å². The van der Waals surface area contributed by atoms with E-state index in [1.807, 2.05) is 43.3 Å². The Morgan fingerprint density at radius 1 is 1.24 bits per heavy atom. The average Bonchev–Trinajstić information content (AvgIpc) is 2.88. The summed E-state index contributed by atoms with van der Waals surface area (Å²) >= 11 is 0. The summed E-state index contributed by atoms with van der Waals surface area (Å²) in [6.07, 6.45) is 1.60. The number of carbonyl (C=O) groups is 2. The molecule has 1 aromatic heterocycles. The van der Waals surface area contributed by atoms with Crippen LogP contribution in [0.3, 0.4) is 0 Å². The van der Waals surface area contributed by atoms with Gasteiger partial charge in [0.1, 0.15) is 23.5 Å². The van der Waals surface area contributed by atoms with E-state index < -0.39 is 5.92 Å². The van der Waals surface area contributed by atoms with E-state index in [9.17, 15) is 9.59 Å². The van der Waals surface area contributed by atoms with Crippen LogP contribution >= 0.6 is 0 Å². The summed E-state index contributed by atoms with van der Waals surface area (Å²) < 4.78 is 5.52. The molecule has 0 bridgehead atoms. The topological polar surface area (TPSA) is 50.5 Å². The number of aryl methyl sites for hydroxylation is 1. The van der Waals surface area contributed by atoms with Gasteiger partial charge in [-0.15, -0.1) is 0 Å². The van der Waals surface area contributed by atoms with Crippen LogP contribution in [0.1, 0.15) is 29.9 Å². The van der Waals surface area contributed by atoms with Crippen LogP contribution in [0.15, 0.2) is 47.1 Å². The molecule has 2 atom stereocenters. The lowest BCUT2D eigenvalue weighted by Gasteiger charge is -2.45. The number of furan rings is 1. The number of amides is 1. The molecule has 3 rings (SSSR count). The summed E-state index contributed by atoms with van der Waals surface area (Å²) in [6.45, 7) is 3.89. The van der Waals surface area contributed by atoms with Gasteiger partial charge in [-0.3, -0.25) is 9.59 Å². The maximum absolute atomic E-state index is 12.3. The van der Waals surface area contributed by atoms with Gasteiger partial charge in [-0.25, -0.2) is 0 Å². The Labute approximate surface area is 123 Å². The van der Waals surface area contributed by atoms with Crippen molar-refractivity contribution in [3.8, 4) is 0 Å². The molecule has 2 heterocycles. The number of Topliss-reactive ketones (excluding diaryl/α,β-unsaturated/α-hetero) is 1. The lowest BCUT2D eigenvalue weighted by molar-refractivity contribution is -0.163. The SMILES string of the molecule is CC(=O)[C@H]1C(=O)N(Cc2ccccc2)C1c1occc1C. The zero-order chi connectivity index (χ0) is 15.0. The number of carbonyl (C=O) groups excluding carboxylic acids is 2. The van der Waals surface area contributed by atoms with Crippen molar-refractivity contribution in [2.75, 3.05) is 0 Å². The second-order valence-electron chi connectivity index (χ2n) is 5.45. The van der Waals surface area contributed by atoms with Gasteiger partial charge in [0.05, 0.1) is 6.26 Å². The van der Waals surface area contributed by atoms with Crippen molar-refractivity contribution in [2.45, 2.75) is 26.4 Å². The third kappa shape index (κ3) is 2.27. The normalized spacial score (nSPS) is 21.2. The highest BCUT2D eigenvalue weighted by Gasteiger charge is 2.52. The lowest BCUT2D eigenvalue weighted by Crippen LogP contribution is -2.56. The highest BCUT2D eigenvalue weighted by atomic mass is 16.3. The molecule has 1 aromatic carbocycles. The number of ketones is 1. The maximum Gasteiger partial charge on any atom is 0.236 e. The standard InChI is InChI=1S/C17H17NO3/c1-11-8-9-21-16(11)15-14(12(2)19)17(20)18(15)10-13-6-4-3-5-7-13/h3-9,14-15H,10H2,1-2H3/t14-,15?/m1/s1. The van der Waals surface area contributed by atoms with E-state index in [2.05, 4.69) is 0 Å². The molecule has 0 saturated carbocycles. The maximum atomic E-state index is 12.3. The van der Waals surface area contributed by atoms with Gasteiger partial charge in [0, 0.05) is 6.54 Å². The zero-order valence-electron chi connectivity index (χ0n) is 12.1. The van der Waals surface area contributed by atoms with Crippen molar-refractivity contribution in [2.24, 2.45) is 5.92 Å². The van der Waals surface area contributed by atoms with Gasteiger partial charge in [0.25, 0.3) is 0 Å². The minimum absolute atomic E-state index is 0.106. The molecule has 1 aliphatic rings. The fraction of sp³-hybridized carbons (Fsp3) is 0.294. The van der Waals surface area contributed by atoms with Crippen LogP contribution in [-0.4, -0.2) is 16.6 Å². The minimum Gasteiger partial charge on any atom is -0.467 e. The van der Waals surface area contributed by atoms with Crippen LogP contribution in [-0.2, 0) is 16.1 Å². The zero-order valence-corrected chi connectivity index (χ0v) is 12.1. The van der Waals surface area contributed by atoms with Gasteiger partial charge in [-0.2, -0.15) is 0 Å². The van der Waals surface area contributed by atoms with E-state index in [0.29, 0.717) is 12.3 Å². The van der Waals surface area contributed by atoms with Crippen LogP contribution in [0.4, 0.5) is 0 Å². The summed E-state index contributed by atoms with van der Waals surface area (Å²) in [6, 6.07) is 11.3. The van der Waals surface area contributed by atoms with E-state index in [4.69, 9.17) is 4.42 Å². The molecule has 21 heavy (non-hydrogen) atoms. The van der Waals surface area contributed by atoms with E-state index in [0.717, 1.165) is 11.1 Å². The summed E-state index contributed by atoms with van der Waals surface area (Å²) in [7, 11) is 0. The van der Waals surface area contributed by atoms with Gasteiger partial charge in [0.15, 0.2) is 0 Å². The third-order valence-electron chi connectivity index (χ3n) is 4.00. The van der Waals surface area contributed by atoms with Crippen molar-refractivity contribution < 1.29 is 14.0 Å². The molecule has 108 valence electrons. The number of likely N-dealkylation sites (tertiary alicyclic amines) is 1. The highest BCUT2D eigenvalue weighted by Crippen LogP contribution is 2.43. The van der Waals surface area contributed by atoms with Crippen LogP contribution in [0.2, 0.25) is 0 Å². The molecule has 4 nitrogen and oxygen atoms in total. The molecule has 1 saturated heterocycles. The Morgan fingerprint density at radius 3 is 2.52 bits per heavy atom. The second-order valence-corrected chi connectivity index (χ2v) is 5.45. The van der Waals surface area contributed by atoms with Crippen molar-refractivity contribution in [1.29, 1.82) is 0 Å². The Bertz CT molecular complexity index is 674. The predicted octanol–water partition coefficient (Wildman–Crippen LogP) is 2.88. The molecular weight excluding hydrogens is 266 g/mol. The third-order valence-corrected chi connectivity index (χ3v) is 4.00. The first-order valence-electron chi connectivity index (χ1n) is 6.98.